The molecule has 0 radical (unpaired) electrons. The van der Waals surface area contributed by atoms with Crippen LogP contribution in [0.1, 0.15) is 47.4 Å². The molecule has 1 heterocycles. The largest absolute Gasteiger partial charge is 0.324 e. The molecule has 2 N–H and O–H groups in total. The summed E-state index contributed by atoms with van der Waals surface area (Å²) >= 11 is 0. The number of hydrogen-bond donors (Lipinski definition) is 2. The molecule has 3 amide bonds. The Bertz CT molecular complexity index is 953. The Morgan fingerprint density at radius 2 is 1.55 bits per heavy atom. The topological polar surface area (TPSA) is 95.6 Å². The quantitative estimate of drug-likeness (QED) is 0.757. The number of nitrogens with zero attached hydrogens (tertiary/aromatic N) is 1. The predicted octanol–water partition coefficient (Wildman–Crippen LogP) is 3.73. The Labute approximate surface area is 169 Å². The highest BCUT2D eigenvalue weighted by Crippen LogP contribution is 2.21. The number of anilines is 2. The van der Waals surface area contributed by atoms with Crippen molar-refractivity contribution in [2.45, 2.75) is 32.7 Å². The first-order valence-electron chi connectivity index (χ1n) is 9.45. The Kier molecular flexibility index (Phi) is 6.07. The van der Waals surface area contributed by atoms with Crippen molar-refractivity contribution in [1.29, 1.82) is 0 Å². The molecule has 1 aliphatic heterocycles. The third-order valence-electron chi connectivity index (χ3n) is 4.90. The minimum absolute atomic E-state index is 0.0460. The maximum Gasteiger partial charge on any atom is 0.322 e. The predicted molar refractivity (Wildman–Crippen MR) is 110 cm³/mol. The van der Waals surface area contributed by atoms with E-state index in [-0.39, 0.29) is 23.5 Å². The van der Waals surface area contributed by atoms with Gasteiger partial charge in [0, 0.05) is 29.0 Å². The van der Waals surface area contributed by atoms with Crippen LogP contribution < -0.4 is 10.6 Å². The number of amides is 3. The summed E-state index contributed by atoms with van der Waals surface area (Å²) in [7, 11) is 0. The molecule has 0 bridgehead atoms. The molecular formula is C22H23N3O4. The number of ketones is 2. The first-order valence-corrected chi connectivity index (χ1v) is 9.45. The molecule has 0 aliphatic carbocycles. The molecule has 1 saturated heterocycles. The summed E-state index contributed by atoms with van der Waals surface area (Å²) in [6.07, 6.45) is 1.29. The molecule has 2 aromatic carbocycles. The van der Waals surface area contributed by atoms with Crippen LogP contribution in [-0.2, 0) is 4.79 Å². The molecule has 7 nitrogen and oxygen atoms in total. The van der Waals surface area contributed by atoms with E-state index >= 15 is 0 Å². The van der Waals surface area contributed by atoms with Gasteiger partial charge in [0.25, 0.3) is 0 Å². The van der Waals surface area contributed by atoms with E-state index in [0.717, 1.165) is 6.42 Å². The van der Waals surface area contributed by atoms with E-state index in [0.29, 0.717) is 35.5 Å². The van der Waals surface area contributed by atoms with E-state index in [2.05, 4.69) is 10.6 Å². The molecule has 2 aromatic rings. The van der Waals surface area contributed by atoms with Crippen LogP contribution in [0, 0.1) is 0 Å². The average molecular weight is 393 g/mol. The zero-order valence-corrected chi connectivity index (χ0v) is 16.4. The van der Waals surface area contributed by atoms with Gasteiger partial charge < -0.3 is 15.5 Å². The zero-order chi connectivity index (χ0) is 21.0. The molecule has 0 aromatic heterocycles. The van der Waals surface area contributed by atoms with Gasteiger partial charge in [-0.05, 0) is 63.1 Å². The van der Waals surface area contributed by atoms with Crippen LogP contribution >= 0.6 is 0 Å². The number of rotatable bonds is 5. The highest BCUT2D eigenvalue weighted by Gasteiger charge is 2.34. The number of hydrogen-bond acceptors (Lipinski definition) is 4. The number of urea groups is 1. The third kappa shape index (κ3) is 4.87. The monoisotopic (exact) mass is 393 g/mol. The molecule has 29 heavy (non-hydrogen) atoms. The zero-order valence-electron chi connectivity index (χ0n) is 16.4. The maximum absolute atomic E-state index is 12.7. The molecule has 1 atom stereocenters. The fourth-order valence-electron chi connectivity index (χ4n) is 3.31. The van der Waals surface area contributed by atoms with Gasteiger partial charge in [-0.1, -0.05) is 12.1 Å². The molecule has 3 rings (SSSR count). The molecule has 150 valence electrons. The van der Waals surface area contributed by atoms with Gasteiger partial charge in [-0.15, -0.1) is 0 Å². The van der Waals surface area contributed by atoms with E-state index in [4.69, 9.17) is 0 Å². The second-order valence-corrected chi connectivity index (χ2v) is 7.04. The Hall–Kier alpha value is -3.48. The summed E-state index contributed by atoms with van der Waals surface area (Å²) in [6.45, 7) is 3.42. The van der Waals surface area contributed by atoms with Crippen molar-refractivity contribution >= 4 is 34.9 Å². The molecule has 7 heteroatoms. The lowest BCUT2D eigenvalue weighted by atomic mass is 10.1. The first kappa shape index (κ1) is 20.3. The third-order valence-corrected chi connectivity index (χ3v) is 4.90. The maximum atomic E-state index is 12.7. The van der Waals surface area contributed by atoms with E-state index in [1.165, 1.54) is 18.7 Å². The Morgan fingerprint density at radius 1 is 0.862 bits per heavy atom. The number of Topliss-reactive ketones (excluding diaryl/α,β-unsaturated/α-hetero) is 2. The number of carbonyl (C=O) groups is 4. The molecule has 1 aliphatic rings. The lowest BCUT2D eigenvalue weighted by Crippen LogP contribution is -2.45. The summed E-state index contributed by atoms with van der Waals surface area (Å²) < 4.78 is 0. The van der Waals surface area contributed by atoms with E-state index in [1.54, 1.807) is 48.5 Å². The van der Waals surface area contributed by atoms with Crippen LogP contribution in [0.25, 0.3) is 0 Å². The smallest absolute Gasteiger partial charge is 0.322 e. The van der Waals surface area contributed by atoms with Gasteiger partial charge in [0.1, 0.15) is 6.04 Å². The molecule has 0 spiro atoms. The molecule has 0 saturated carbocycles. The van der Waals surface area contributed by atoms with E-state index in [9.17, 15) is 19.2 Å². The highest BCUT2D eigenvalue weighted by molar-refractivity contribution is 6.01. The van der Waals surface area contributed by atoms with Crippen molar-refractivity contribution < 1.29 is 19.2 Å². The van der Waals surface area contributed by atoms with Gasteiger partial charge in [-0.3, -0.25) is 14.4 Å². The first-order chi connectivity index (χ1) is 13.8. The summed E-state index contributed by atoms with van der Waals surface area (Å²) in [5.74, 6) is -0.406. The molecular weight excluding hydrogens is 370 g/mol. The van der Waals surface area contributed by atoms with Crippen molar-refractivity contribution in [3.63, 3.8) is 0 Å². The molecule has 1 fully saturated rings. The van der Waals surface area contributed by atoms with Crippen molar-refractivity contribution in [1.82, 2.24) is 4.90 Å². The standard InChI is InChI=1S/C22H23N3O4/c1-14(26)16-8-10-18(11-9-16)23-21(28)20-7-4-12-25(20)22(29)24-19-6-3-5-17(13-19)15(2)27/h3,5-6,8-11,13,20H,4,7,12H2,1-2H3,(H,23,28)(H,24,29). The molecule has 1 unspecified atom stereocenters. The van der Waals surface area contributed by atoms with Gasteiger partial charge in [-0.2, -0.15) is 0 Å². The fourth-order valence-corrected chi connectivity index (χ4v) is 3.31. The van der Waals surface area contributed by atoms with E-state index < -0.39 is 6.04 Å². The van der Waals surface area contributed by atoms with Crippen molar-refractivity contribution in [2.75, 3.05) is 17.2 Å². The Balaban J connectivity index is 1.66. The summed E-state index contributed by atoms with van der Waals surface area (Å²) in [6, 6.07) is 12.4. The Morgan fingerprint density at radius 3 is 2.21 bits per heavy atom. The van der Waals surface area contributed by atoms with E-state index in [1.807, 2.05) is 0 Å². The number of benzene rings is 2. The lowest BCUT2D eigenvalue weighted by molar-refractivity contribution is -0.119. The number of likely N-dealkylation sites (tertiary alicyclic amines) is 1. The van der Waals surface area contributed by atoms with Crippen molar-refractivity contribution in [2.24, 2.45) is 0 Å². The minimum atomic E-state index is -0.585. The van der Waals surface area contributed by atoms with Crippen LogP contribution in [0.4, 0.5) is 16.2 Å². The fraction of sp³-hybridized carbons (Fsp3) is 0.273. The summed E-state index contributed by atoms with van der Waals surface area (Å²) in [5.41, 5.74) is 2.15. The van der Waals surface area contributed by atoms with Crippen LogP contribution in [0.2, 0.25) is 0 Å². The van der Waals surface area contributed by atoms with Gasteiger partial charge in [0.05, 0.1) is 0 Å². The summed E-state index contributed by atoms with van der Waals surface area (Å²) in [5, 5.41) is 5.57. The lowest BCUT2D eigenvalue weighted by Gasteiger charge is -2.24. The highest BCUT2D eigenvalue weighted by atomic mass is 16.2. The summed E-state index contributed by atoms with van der Waals surface area (Å²) in [4.78, 5) is 49.8. The second kappa shape index (κ2) is 8.68. The number of nitrogens with one attached hydrogen (secondary N) is 2. The minimum Gasteiger partial charge on any atom is -0.324 e. The van der Waals surface area contributed by atoms with Gasteiger partial charge in [0.15, 0.2) is 11.6 Å². The van der Waals surface area contributed by atoms with Gasteiger partial charge in [-0.25, -0.2) is 4.79 Å². The van der Waals surface area contributed by atoms with Crippen molar-refractivity contribution in [3.8, 4) is 0 Å². The second-order valence-electron chi connectivity index (χ2n) is 7.04. The normalized spacial score (nSPS) is 15.7. The van der Waals surface area contributed by atoms with Crippen LogP contribution in [0.3, 0.4) is 0 Å². The van der Waals surface area contributed by atoms with Gasteiger partial charge >= 0.3 is 6.03 Å². The van der Waals surface area contributed by atoms with Crippen LogP contribution in [-0.4, -0.2) is 41.0 Å². The van der Waals surface area contributed by atoms with Crippen LogP contribution in [0.15, 0.2) is 48.5 Å². The van der Waals surface area contributed by atoms with Gasteiger partial charge in [0.2, 0.25) is 5.91 Å². The van der Waals surface area contributed by atoms with Crippen LogP contribution in [0.5, 0.6) is 0 Å². The SMILES string of the molecule is CC(=O)c1ccc(NC(=O)C2CCCN2C(=O)Nc2cccc(C(C)=O)c2)cc1. The number of carbonyl (C=O) groups excluding carboxylic acids is 4. The van der Waals surface area contributed by atoms with Crippen molar-refractivity contribution in [3.05, 3.63) is 59.7 Å². The average Bonchev–Trinajstić information content (AvgIpc) is 3.19.